The fourth-order valence-electron chi connectivity index (χ4n) is 1.44. The van der Waals surface area contributed by atoms with E-state index >= 15 is 0 Å². The predicted octanol–water partition coefficient (Wildman–Crippen LogP) is 1.94. The van der Waals surface area contributed by atoms with Crippen LogP contribution in [-0.2, 0) is 11.3 Å². The van der Waals surface area contributed by atoms with Crippen molar-refractivity contribution in [3.8, 4) is 0 Å². The smallest absolute Gasteiger partial charge is 0.315 e. The Labute approximate surface area is 114 Å². The minimum absolute atomic E-state index is 0.160. The molecule has 1 aromatic heterocycles. The Morgan fingerprint density at radius 2 is 2.26 bits per heavy atom. The lowest BCUT2D eigenvalue weighted by atomic mass is 10.2. The van der Waals surface area contributed by atoms with Crippen LogP contribution in [0.2, 0.25) is 0 Å². The quantitative estimate of drug-likeness (QED) is 0.706. The minimum Gasteiger partial charge on any atom is -0.381 e. The van der Waals surface area contributed by atoms with Crippen molar-refractivity contribution in [3.63, 3.8) is 0 Å². The van der Waals surface area contributed by atoms with E-state index in [-0.39, 0.29) is 6.03 Å². The van der Waals surface area contributed by atoms with E-state index in [0.29, 0.717) is 25.6 Å². The molecule has 5 nitrogen and oxygen atoms in total. The van der Waals surface area contributed by atoms with Gasteiger partial charge in [-0.1, -0.05) is 19.9 Å². The molecule has 19 heavy (non-hydrogen) atoms. The highest BCUT2D eigenvalue weighted by Gasteiger charge is 2.00. The number of nitrogens with one attached hydrogen (secondary N) is 2. The van der Waals surface area contributed by atoms with E-state index in [1.165, 1.54) is 0 Å². The Balaban J connectivity index is 1.99. The number of hydrogen-bond acceptors (Lipinski definition) is 3. The molecule has 0 spiro atoms. The summed E-state index contributed by atoms with van der Waals surface area (Å²) in [5.74, 6) is 0.552. The lowest BCUT2D eigenvalue weighted by Crippen LogP contribution is -2.35. The summed E-state index contributed by atoms with van der Waals surface area (Å²) in [5.41, 5.74) is 0.984. The molecule has 0 atom stereocenters. The molecule has 1 heterocycles. The van der Waals surface area contributed by atoms with E-state index in [4.69, 9.17) is 4.74 Å². The third-order valence-corrected chi connectivity index (χ3v) is 2.38. The normalized spacial score (nSPS) is 10.5. The van der Waals surface area contributed by atoms with Crippen molar-refractivity contribution in [1.29, 1.82) is 0 Å². The molecule has 0 aliphatic carbocycles. The molecule has 0 aliphatic heterocycles. The number of carbonyl (C=O) groups is 1. The number of rotatable bonds is 8. The van der Waals surface area contributed by atoms with Crippen LogP contribution in [0.5, 0.6) is 0 Å². The molecule has 1 rings (SSSR count). The monoisotopic (exact) mass is 265 g/mol. The Bertz CT molecular complexity index is 355. The number of urea groups is 1. The zero-order chi connectivity index (χ0) is 13.9. The van der Waals surface area contributed by atoms with Gasteiger partial charge in [-0.25, -0.2) is 4.79 Å². The van der Waals surface area contributed by atoms with E-state index in [1.807, 2.05) is 12.1 Å². The molecule has 2 N–H and O–H groups in total. The molecule has 0 unspecified atom stereocenters. The van der Waals surface area contributed by atoms with Crippen LogP contribution in [0.4, 0.5) is 4.79 Å². The topological polar surface area (TPSA) is 63.2 Å². The fraction of sp³-hybridized carbons (Fsp3) is 0.571. The molecular formula is C14H23N3O2. The Morgan fingerprint density at radius 3 is 2.95 bits per heavy atom. The van der Waals surface area contributed by atoms with Crippen molar-refractivity contribution in [2.24, 2.45) is 5.92 Å². The van der Waals surface area contributed by atoms with Crippen LogP contribution in [0, 0.1) is 5.92 Å². The van der Waals surface area contributed by atoms with Crippen LogP contribution in [0.1, 0.15) is 25.8 Å². The second-order valence-electron chi connectivity index (χ2n) is 4.79. The van der Waals surface area contributed by atoms with Gasteiger partial charge < -0.3 is 15.4 Å². The SMILES string of the molecule is CC(C)COCCCNC(=O)NCc1cccnc1. The van der Waals surface area contributed by atoms with Crippen molar-refractivity contribution in [1.82, 2.24) is 15.6 Å². The number of hydrogen-bond donors (Lipinski definition) is 2. The highest BCUT2D eigenvalue weighted by Crippen LogP contribution is 1.94. The van der Waals surface area contributed by atoms with Crippen LogP contribution in [0.25, 0.3) is 0 Å². The lowest BCUT2D eigenvalue weighted by Gasteiger charge is -2.09. The summed E-state index contributed by atoms with van der Waals surface area (Å²) in [6.07, 6.45) is 4.27. The maximum atomic E-state index is 11.5. The molecule has 0 aliphatic rings. The predicted molar refractivity (Wildman–Crippen MR) is 74.7 cm³/mol. The van der Waals surface area contributed by atoms with Gasteiger partial charge in [-0.15, -0.1) is 0 Å². The maximum absolute atomic E-state index is 11.5. The lowest BCUT2D eigenvalue weighted by molar-refractivity contribution is 0.108. The molecule has 0 radical (unpaired) electrons. The summed E-state index contributed by atoms with van der Waals surface area (Å²) in [5, 5.41) is 5.57. The summed E-state index contributed by atoms with van der Waals surface area (Å²) in [6, 6.07) is 3.61. The second kappa shape index (κ2) is 9.33. The molecule has 0 bridgehead atoms. The number of amides is 2. The van der Waals surface area contributed by atoms with E-state index in [1.54, 1.807) is 12.4 Å². The molecule has 2 amide bonds. The standard InChI is InChI=1S/C14H23N3O2/c1-12(2)11-19-8-4-7-16-14(18)17-10-13-5-3-6-15-9-13/h3,5-6,9,12H,4,7-8,10-11H2,1-2H3,(H2,16,17,18). The summed E-state index contributed by atoms with van der Waals surface area (Å²) in [7, 11) is 0. The van der Waals surface area contributed by atoms with Gasteiger partial charge in [0.25, 0.3) is 0 Å². The van der Waals surface area contributed by atoms with E-state index in [9.17, 15) is 4.79 Å². The molecule has 5 heteroatoms. The first-order chi connectivity index (χ1) is 9.18. The highest BCUT2D eigenvalue weighted by molar-refractivity contribution is 5.73. The van der Waals surface area contributed by atoms with Gasteiger partial charge in [-0.05, 0) is 24.0 Å². The van der Waals surface area contributed by atoms with Crippen LogP contribution in [0.3, 0.4) is 0 Å². The Morgan fingerprint density at radius 1 is 1.42 bits per heavy atom. The molecule has 0 saturated carbocycles. The van der Waals surface area contributed by atoms with Gasteiger partial charge in [0, 0.05) is 38.7 Å². The number of pyridine rings is 1. The summed E-state index contributed by atoms with van der Waals surface area (Å²) in [4.78, 5) is 15.5. The molecular weight excluding hydrogens is 242 g/mol. The minimum atomic E-state index is -0.160. The zero-order valence-electron chi connectivity index (χ0n) is 11.7. The third-order valence-electron chi connectivity index (χ3n) is 2.38. The first-order valence-corrected chi connectivity index (χ1v) is 6.67. The van der Waals surface area contributed by atoms with E-state index < -0.39 is 0 Å². The van der Waals surface area contributed by atoms with Crippen molar-refractivity contribution >= 4 is 6.03 Å². The number of nitrogens with zero attached hydrogens (tertiary/aromatic N) is 1. The third kappa shape index (κ3) is 8.15. The van der Waals surface area contributed by atoms with Crippen molar-refractivity contribution < 1.29 is 9.53 Å². The zero-order valence-corrected chi connectivity index (χ0v) is 11.7. The van der Waals surface area contributed by atoms with Crippen molar-refractivity contribution in [3.05, 3.63) is 30.1 Å². The second-order valence-corrected chi connectivity index (χ2v) is 4.79. The van der Waals surface area contributed by atoms with Gasteiger partial charge in [0.05, 0.1) is 0 Å². The number of aromatic nitrogens is 1. The molecule has 0 aromatic carbocycles. The van der Waals surface area contributed by atoms with Crippen molar-refractivity contribution in [2.45, 2.75) is 26.8 Å². The molecule has 0 saturated heterocycles. The Kier molecular flexibility index (Phi) is 7.58. The first-order valence-electron chi connectivity index (χ1n) is 6.67. The average Bonchev–Trinajstić information content (AvgIpc) is 2.41. The number of carbonyl (C=O) groups excluding carboxylic acids is 1. The molecule has 1 aromatic rings. The van der Waals surface area contributed by atoms with Crippen LogP contribution in [0.15, 0.2) is 24.5 Å². The Hall–Kier alpha value is -1.62. The molecule has 106 valence electrons. The van der Waals surface area contributed by atoms with Crippen LogP contribution >= 0.6 is 0 Å². The van der Waals surface area contributed by atoms with Gasteiger partial charge in [0.1, 0.15) is 0 Å². The number of ether oxygens (including phenoxy) is 1. The summed E-state index contributed by atoms with van der Waals surface area (Å²) >= 11 is 0. The van der Waals surface area contributed by atoms with Gasteiger partial charge in [-0.2, -0.15) is 0 Å². The van der Waals surface area contributed by atoms with Gasteiger partial charge in [0.15, 0.2) is 0 Å². The van der Waals surface area contributed by atoms with E-state index in [2.05, 4.69) is 29.5 Å². The first kappa shape index (κ1) is 15.4. The highest BCUT2D eigenvalue weighted by atomic mass is 16.5. The molecule has 0 fully saturated rings. The average molecular weight is 265 g/mol. The summed E-state index contributed by atoms with van der Waals surface area (Å²) in [6.45, 7) is 6.79. The van der Waals surface area contributed by atoms with Crippen LogP contribution < -0.4 is 10.6 Å². The largest absolute Gasteiger partial charge is 0.381 e. The summed E-state index contributed by atoms with van der Waals surface area (Å²) < 4.78 is 5.43. The van der Waals surface area contributed by atoms with E-state index in [0.717, 1.165) is 18.6 Å². The van der Waals surface area contributed by atoms with Gasteiger partial charge in [-0.3, -0.25) is 4.98 Å². The van der Waals surface area contributed by atoms with Gasteiger partial charge >= 0.3 is 6.03 Å². The van der Waals surface area contributed by atoms with Crippen molar-refractivity contribution in [2.75, 3.05) is 19.8 Å². The van der Waals surface area contributed by atoms with Gasteiger partial charge in [0.2, 0.25) is 0 Å². The fourth-order valence-corrected chi connectivity index (χ4v) is 1.44. The maximum Gasteiger partial charge on any atom is 0.315 e. The van der Waals surface area contributed by atoms with Crippen LogP contribution in [-0.4, -0.2) is 30.8 Å².